The summed E-state index contributed by atoms with van der Waals surface area (Å²) in [6, 6.07) is 9.41. The average Bonchev–Trinajstić information content (AvgIpc) is 2.76. The Kier molecular flexibility index (Phi) is 5.23. The highest BCUT2D eigenvalue weighted by Gasteiger charge is 2.26. The van der Waals surface area contributed by atoms with Crippen molar-refractivity contribution in [2.75, 3.05) is 18.4 Å². The fraction of sp³-hybridized carbons (Fsp3) is 0.286. The minimum absolute atomic E-state index is 0.0223. The summed E-state index contributed by atoms with van der Waals surface area (Å²) in [5.74, 6) is 1.43. The Hall–Kier alpha value is -3.35. The highest BCUT2D eigenvalue weighted by atomic mass is 16.2. The number of aromatic nitrogens is 4. The van der Waals surface area contributed by atoms with Crippen LogP contribution in [0.2, 0.25) is 0 Å². The smallest absolute Gasteiger partial charge is 0.255 e. The summed E-state index contributed by atoms with van der Waals surface area (Å²) < 4.78 is 0. The van der Waals surface area contributed by atoms with E-state index >= 15 is 0 Å². The highest BCUT2D eigenvalue weighted by molar-refractivity contribution is 5.94. The number of aryl methyl sites for hydroxylation is 1. The normalized spacial score (nSPS) is 16.6. The Bertz CT molecular complexity index is 945. The van der Waals surface area contributed by atoms with Crippen LogP contribution in [0.25, 0.3) is 0 Å². The fourth-order valence-electron chi connectivity index (χ4n) is 3.39. The van der Waals surface area contributed by atoms with Gasteiger partial charge in [0, 0.05) is 43.8 Å². The topological polar surface area (TPSA) is 83.9 Å². The van der Waals surface area contributed by atoms with Crippen molar-refractivity contribution in [3.8, 4) is 0 Å². The lowest BCUT2D eigenvalue weighted by Crippen LogP contribution is -2.39. The number of hydrogen-bond acceptors (Lipinski definition) is 6. The van der Waals surface area contributed by atoms with E-state index < -0.39 is 0 Å². The molecule has 0 radical (unpaired) electrons. The molecule has 3 aromatic heterocycles. The summed E-state index contributed by atoms with van der Waals surface area (Å²) in [4.78, 5) is 32.0. The van der Waals surface area contributed by atoms with Gasteiger partial charge in [0.15, 0.2) is 0 Å². The van der Waals surface area contributed by atoms with Crippen molar-refractivity contribution in [1.82, 2.24) is 24.8 Å². The third-order valence-electron chi connectivity index (χ3n) is 4.86. The molecule has 1 N–H and O–H groups in total. The number of carbonyl (C=O) groups excluding carboxylic acids is 1. The highest BCUT2D eigenvalue weighted by Crippen LogP contribution is 2.27. The predicted molar refractivity (Wildman–Crippen MR) is 106 cm³/mol. The lowest BCUT2D eigenvalue weighted by molar-refractivity contribution is 0.0705. The molecule has 3 aromatic rings. The van der Waals surface area contributed by atoms with Crippen LogP contribution in [0.3, 0.4) is 0 Å². The Labute approximate surface area is 163 Å². The van der Waals surface area contributed by atoms with Crippen LogP contribution in [-0.4, -0.2) is 43.8 Å². The van der Waals surface area contributed by atoms with Crippen molar-refractivity contribution in [2.24, 2.45) is 0 Å². The van der Waals surface area contributed by atoms with Crippen molar-refractivity contribution in [1.29, 1.82) is 0 Å². The van der Waals surface area contributed by atoms with Crippen LogP contribution in [0.4, 0.5) is 11.8 Å². The first kappa shape index (κ1) is 18.0. The molecule has 4 rings (SSSR count). The number of carbonyl (C=O) groups is 1. The van der Waals surface area contributed by atoms with Crippen LogP contribution < -0.4 is 5.32 Å². The zero-order chi connectivity index (χ0) is 19.3. The van der Waals surface area contributed by atoms with Gasteiger partial charge in [0.25, 0.3) is 5.91 Å². The number of amides is 1. The summed E-state index contributed by atoms with van der Waals surface area (Å²) in [7, 11) is 0. The Morgan fingerprint density at radius 1 is 1.14 bits per heavy atom. The molecular weight excluding hydrogens is 352 g/mol. The SMILES string of the molecule is Cc1ccc(Nc2nccc(C3CCCN(C(=O)c4cccnc4)C3)n2)nc1. The molecule has 1 atom stereocenters. The van der Waals surface area contributed by atoms with Crippen molar-refractivity contribution >= 4 is 17.7 Å². The molecule has 1 aliphatic heterocycles. The maximum Gasteiger partial charge on any atom is 0.255 e. The largest absolute Gasteiger partial charge is 0.338 e. The van der Waals surface area contributed by atoms with Gasteiger partial charge in [-0.15, -0.1) is 0 Å². The molecule has 1 aliphatic rings. The van der Waals surface area contributed by atoms with Crippen LogP contribution in [0.5, 0.6) is 0 Å². The van der Waals surface area contributed by atoms with Gasteiger partial charge in [0.05, 0.1) is 11.3 Å². The molecule has 0 aromatic carbocycles. The van der Waals surface area contributed by atoms with Gasteiger partial charge < -0.3 is 10.2 Å². The van der Waals surface area contributed by atoms with Crippen LogP contribution in [0.15, 0.2) is 55.1 Å². The summed E-state index contributed by atoms with van der Waals surface area (Å²) in [5.41, 5.74) is 2.66. The third kappa shape index (κ3) is 4.14. The third-order valence-corrected chi connectivity index (χ3v) is 4.86. The van der Waals surface area contributed by atoms with Crippen LogP contribution >= 0.6 is 0 Å². The lowest BCUT2D eigenvalue weighted by atomic mass is 9.94. The number of piperidine rings is 1. The summed E-state index contributed by atoms with van der Waals surface area (Å²) in [6.45, 7) is 3.40. The molecule has 1 fully saturated rings. The second kappa shape index (κ2) is 8.12. The number of likely N-dealkylation sites (tertiary alicyclic amines) is 1. The van der Waals surface area contributed by atoms with Gasteiger partial charge in [-0.1, -0.05) is 6.07 Å². The van der Waals surface area contributed by atoms with Gasteiger partial charge in [0.2, 0.25) is 5.95 Å². The Morgan fingerprint density at radius 2 is 2.07 bits per heavy atom. The van der Waals surface area contributed by atoms with E-state index in [2.05, 4.69) is 25.3 Å². The first-order valence-corrected chi connectivity index (χ1v) is 9.41. The number of hydrogen-bond donors (Lipinski definition) is 1. The molecule has 0 saturated carbocycles. The standard InChI is InChI=1S/C21H22N6O/c1-15-6-7-19(24-12-15)26-21-23-10-8-18(25-21)17-5-3-11-27(14-17)20(28)16-4-2-9-22-13-16/h2,4,6-10,12-13,17H,3,5,11,14H2,1H3,(H,23,24,25,26). The van der Waals surface area contributed by atoms with Gasteiger partial charge in [-0.3, -0.25) is 9.78 Å². The Morgan fingerprint density at radius 3 is 2.86 bits per heavy atom. The molecule has 1 saturated heterocycles. The van der Waals surface area contributed by atoms with E-state index in [-0.39, 0.29) is 11.8 Å². The van der Waals surface area contributed by atoms with E-state index in [1.165, 1.54) is 0 Å². The molecule has 7 heteroatoms. The minimum atomic E-state index is 0.0223. The molecule has 1 unspecified atom stereocenters. The molecular formula is C21H22N6O. The zero-order valence-electron chi connectivity index (χ0n) is 15.7. The van der Waals surface area contributed by atoms with Gasteiger partial charge in [-0.2, -0.15) is 0 Å². The Balaban J connectivity index is 1.47. The molecule has 1 amide bonds. The van der Waals surface area contributed by atoms with Crippen molar-refractivity contribution in [3.05, 3.63) is 71.9 Å². The molecule has 0 spiro atoms. The number of rotatable bonds is 4. The van der Waals surface area contributed by atoms with Crippen molar-refractivity contribution in [3.63, 3.8) is 0 Å². The maximum atomic E-state index is 12.7. The molecule has 7 nitrogen and oxygen atoms in total. The van der Waals surface area contributed by atoms with E-state index in [0.29, 0.717) is 23.9 Å². The van der Waals surface area contributed by atoms with E-state index in [0.717, 1.165) is 30.6 Å². The first-order valence-electron chi connectivity index (χ1n) is 9.41. The quantitative estimate of drug-likeness (QED) is 0.754. The zero-order valence-corrected chi connectivity index (χ0v) is 15.7. The van der Waals surface area contributed by atoms with E-state index in [1.807, 2.05) is 30.0 Å². The number of anilines is 2. The lowest BCUT2D eigenvalue weighted by Gasteiger charge is -2.32. The second-order valence-electron chi connectivity index (χ2n) is 6.98. The van der Waals surface area contributed by atoms with Crippen LogP contribution in [0, 0.1) is 6.92 Å². The van der Waals surface area contributed by atoms with E-state index in [9.17, 15) is 4.79 Å². The number of pyridine rings is 2. The minimum Gasteiger partial charge on any atom is -0.338 e. The maximum absolute atomic E-state index is 12.7. The van der Waals surface area contributed by atoms with E-state index in [1.54, 1.807) is 36.9 Å². The molecule has 142 valence electrons. The number of nitrogens with zero attached hydrogens (tertiary/aromatic N) is 5. The summed E-state index contributed by atoms with van der Waals surface area (Å²) in [6.07, 6.45) is 8.79. The predicted octanol–water partition coefficient (Wildman–Crippen LogP) is 3.34. The van der Waals surface area contributed by atoms with Crippen molar-refractivity contribution in [2.45, 2.75) is 25.7 Å². The molecule has 0 bridgehead atoms. The van der Waals surface area contributed by atoms with Gasteiger partial charge in [-0.05, 0) is 49.6 Å². The summed E-state index contributed by atoms with van der Waals surface area (Å²) in [5, 5.41) is 3.15. The molecule has 0 aliphatic carbocycles. The fourth-order valence-corrected chi connectivity index (χ4v) is 3.39. The van der Waals surface area contributed by atoms with Crippen LogP contribution in [-0.2, 0) is 0 Å². The number of nitrogens with one attached hydrogen (secondary N) is 1. The van der Waals surface area contributed by atoms with Gasteiger partial charge in [0.1, 0.15) is 5.82 Å². The summed E-state index contributed by atoms with van der Waals surface area (Å²) >= 11 is 0. The first-order chi connectivity index (χ1) is 13.7. The second-order valence-corrected chi connectivity index (χ2v) is 6.98. The monoisotopic (exact) mass is 374 g/mol. The van der Waals surface area contributed by atoms with Crippen molar-refractivity contribution < 1.29 is 4.79 Å². The van der Waals surface area contributed by atoms with E-state index in [4.69, 9.17) is 0 Å². The molecule has 4 heterocycles. The average molecular weight is 374 g/mol. The van der Waals surface area contributed by atoms with Gasteiger partial charge in [-0.25, -0.2) is 15.0 Å². The van der Waals surface area contributed by atoms with Crippen LogP contribution in [0.1, 0.15) is 40.4 Å². The molecule has 28 heavy (non-hydrogen) atoms. The van der Waals surface area contributed by atoms with Gasteiger partial charge >= 0.3 is 0 Å².